The molecule has 0 radical (unpaired) electrons. The lowest BCUT2D eigenvalue weighted by Crippen LogP contribution is -2.23. The topological polar surface area (TPSA) is 97.1 Å². The summed E-state index contributed by atoms with van der Waals surface area (Å²) >= 11 is 0. The molecule has 0 aromatic heterocycles. The van der Waals surface area contributed by atoms with E-state index in [4.69, 9.17) is 21.6 Å². The van der Waals surface area contributed by atoms with Gasteiger partial charge in [-0.15, -0.1) is 0 Å². The number of allylic oxidation sites excluding steroid dienone is 1. The van der Waals surface area contributed by atoms with Crippen molar-refractivity contribution in [1.29, 1.82) is 5.26 Å². The quantitative estimate of drug-likeness (QED) is 0.452. The van der Waals surface area contributed by atoms with E-state index in [0.29, 0.717) is 11.3 Å². The monoisotopic (exact) mass is 280 g/mol. The minimum atomic E-state index is 0.132. The van der Waals surface area contributed by atoms with Gasteiger partial charge in [0.2, 0.25) is 0 Å². The van der Waals surface area contributed by atoms with Crippen LogP contribution in [0.2, 0.25) is 0 Å². The first-order valence-electron chi connectivity index (χ1n) is 6.31. The molecule has 0 aliphatic rings. The highest BCUT2D eigenvalue weighted by atomic mass is 16.5. The van der Waals surface area contributed by atoms with Gasteiger partial charge in [-0.2, -0.15) is 5.26 Å². The Labute approximate surface area is 123 Å². The number of rotatable bonds is 4. The van der Waals surface area contributed by atoms with Gasteiger partial charge < -0.3 is 15.9 Å². The van der Waals surface area contributed by atoms with E-state index >= 15 is 0 Å². The molecule has 5 N–H and O–H groups in total. The molecule has 0 fully saturated rings. The van der Waals surface area contributed by atoms with Crippen LogP contribution >= 0.6 is 0 Å². The average molecular weight is 280 g/mol. The third-order valence-corrected chi connectivity index (χ3v) is 3.12. The standard InChI is InChI=1S/C16H16N4O/c1-21-15-8-3-2-7-13(15)11-5-4-6-12(9-11)16(18)14(10-17)20-19/h2-9,20H,18-19H2,1H3/b16-14-. The molecule has 0 aliphatic carbocycles. The van der Waals surface area contributed by atoms with Gasteiger partial charge in [0.15, 0.2) is 5.70 Å². The number of ether oxygens (including phenoxy) is 1. The first kappa shape index (κ1) is 14.4. The van der Waals surface area contributed by atoms with Crippen molar-refractivity contribution in [2.24, 2.45) is 11.6 Å². The largest absolute Gasteiger partial charge is 0.496 e. The molecule has 0 heterocycles. The molecule has 0 saturated carbocycles. The number of nitrogens with two attached hydrogens (primary N) is 2. The molecule has 2 aromatic rings. The number of para-hydroxylation sites is 1. The summed E-state index contributed by atoms with van der Waals surface area (Å²) in [7, 11) is 1.63. The molecule has 2 aromatic carbocycles. The normalized spacial score (nSPS) is 11.3. The van der Waals surface area contributed by atoms with E-state index in [1.54, 1.807) is 7.11 Å². The molecular weight excluding hydrogens is 264 g/mol. The number of hydrogen-bond donors (Lipinski definition) is 3. The Kier molecular flexibility index (Phi) is 4.44. The van der Waals surface area contributed by atoms with Crippen LogP contribution in [-0.2, 0) is 0 Å². The Balaban J connectivity index is 2.53. The number of benzene rings is 2. The molecule has 106 valence electrons. The maximum atomic E-state index is 8.98. The lowest BCUT2D eigenvalue weighted by atomic mass is 10.0. The fourth-order valence-corrected chi connectivity index (χ4v) is 2.05. The lowest BCUT2D eigenvalue weighted by molar-refractivity contribution is 0.416. The van der Waals surface area contributed by atoms with Crippen LogP contribution in [0.5, 0.6) is 5.75 Å². The summed E-state index contributed by atoms with van der Waals surface area (Å²) in [5.74, 6) is 6.06. The summed E-state index contributed by atoms with van der Waals surface area (Å²) < 4.78 is 5.36. The van der Waals surface area contributed by atoms with E-state index in [-0.39, 0.29) is 5.70 Å². The van der Waals surface area contributed by atoms with Gasteiger partial charge in [0.05, 0.1) is 12.8 Å². The summed E-state index contributed by atoms with van der Waals surface area (Å²) in [5.41, 5.74) is 11.3. The van der Waals surface area contributed by atoms with Crippen LogP contribution < -0.4 is 21.7 Å². The van der Waals surface area contributed by atoms with Crippen molar-refractivity contribution < 1.29 is 4.74 Å². The molecule has 5 nitrogen and oxygen atoms in total. The van der Waals surface area contributed by atoms with Crippen LogP contribution in [-0.4, -0.2) is 7.11 Å². The highest BCUT2D eigenvalue weighted by Gasteiger charge is 2.08. The van der Waals surface area contributed by atoms with Crippen molar-refractivity contribution in [1.82, 2.24) is 5.43 Å². The van der Waals surface area contributed by atoms with Crippen molar-refractivity contribution in [3.63, 3.8) is 0 Å². The van der Waals surface area contributed by atoms with Gasteiger partial charge in [-0.1, -0.05) is 36.4 Å². The summed E-state index contributed by atoms with van der Waals surface area (Å²) in [4.78, 5) is 0. The van der Waals surface area contributed by atoms with Crippen molar-refractivity contribution in [3.8, 4) is 22.9 Å². The van der Waals surface area contributed by atoms with E-state index in [0.717, 1.165) is 16.9 Å². The lowest BCUT2D eigenvalue weighted by Gasteiger charge is -2.11. The van der Waals surface area contributed by atoms with Crippen LogP contribution in [0.4, 0.5) is 0 Å². The second-order valence-corrected chi connectivity index (χ2v) is 4.33. The minimum Gasteiger partial charge on any atom is -0.496 e. The first-order chi connectivity index (χ1) is 10.2. The molecule has 0 aliphatic heterocycles. The number of methoxy groups -OCH3 is 1. The average Bonchev–Trinajstić information content (AvgIpc) is 2.56. The zero-order valence-electron chi connectivity index (χ0n) is 11.6. The molecule has 0 amide bonds. The van der Waals surface area contributed by atoms with Gasteiger partial charge in [-0.25, -0.2) is 5.84 Å². The van der Waals surface area contributed by atoms with Gasteiger partial charge in [0.1, 0.15) is 11.8 Å². The molecule has 0 unspecified atom stereocenters. The summed E-state index contributed by atoms with van der Waals surface area (Å²) in [6.45, 7) is 0. The van der Waals surface area contributed by atoms with E-state index < -0.39 is 0 Å². The zero-order valence-corrected chi connectivity index (χ0v) is 11.6. The molecule has 0 bridgehead atoms. The van der Waals surface area contributed by atoms with Crippen LogP contribution in [0.25, 0.3) is 16.8 Å². The second kappa shape index (κ2) is 6.46. The van der Waals surface area contributed by atoms with Gasteiger partial charge in [0.25, 0.3) is 0 Å². The van der Waals surface area contributed by atoms with Crippen LogP contribution in [0.1, 0.15) is 5.56 Å². The predicted octanol–water partition coefficient (Wildman–Crippen LogP) is 1.98. The molecule has 0 spiro atoms. The van der Waals surface area contributed by atoms with Crippen molar-refractivity contribution >= 4 is 5.70 Å². The molecule has 2 rings (SSSR count). The van der Waals surface area contributed by atoms with Crippen LogP contribution in [0.15, 0.2) is 54.2 Å². The number of hydrazine groups is 1. The second-order valence-electron chi connectivity index (χ2n) is 4.33. The smallest absolute Gasteiger partial charge is 0.151 e. The summed E-state index contributed by atoms with van der Waals surface area (Å²) in [5, 5.41) is 8.98. The Morgan fingerprint density at radius 3 is 2.62 bits per heavy atom. The van der Waals surface area contributed by atoms with Gasteiger partial charge in [0, 0.05) is 11.1 Å². The van der Waals surface area contributed by atoms with Crippen molar-refractivity contribution in [2.45, 2.75) is 0 Å². The molecule has 21 heavy (non-hydrogen) atoms. The number of nitrogens with one attached hydrogen (secondary N) is 1. The Bertz CT molecular complexity index is 716. The van der Waals surface area contributed by atoms with Crippen LogP contribution in [0.3, 0.4) is 0 Å². The summed E-state index contributed by atoms with van der Waals surface area (Å²) in [6, 6.07) is 17.2. The maximum Gasteiger partial charge on any atom is 0.151 e. The Morgan fingerprint density at radius 1 is 1.19 bits per heavy atom. The molecule has 5 heteroatoms. The summed E-state index contributed by atoms with van der Waals surface area (Å²) in [6.07, 6.45) is 0. The van der Waals surface area contributed by atoms with Gasteiger partial charge in [-0.05, 0) is 17.7 Å². The minimum absolute atomic E-state index is 0.132. The van der Waals surface area contributed by atoms with E-state index in [9.17, 15) is 0 Å². The number of nitriles is 1. The third-order valence-electron chi connectivity index (χ3n) is 3.12. The van der Waals surface area contributed by atoms with Crippen molar-refractivity contribution in [3.05, 3.63) is 59.8 Å². The molecular formula is C16H16N4O. The first-order valence-corrected chi connectivity index (χ1v) is 6.31. The van der Waals surface area contributed by atoms with Crippen molar-refractivity contribution in [2.75, 3.05) is 7.11 Å². The number of hydrogen-bond acceptors (Lipinski definition) is 5. The maximum absolute atomic E-state index is 8.98. The predicted molar refractivity (Wildman–Crippen MR) is 82.5 cm³/mol. The Hall–Kier alpha value is -2.97. The Morgan fingerprint density at radius 2 is 1.95 bits per heavy atom. The highest BCUT2D eigenvalue weighted by molar-refractivity contribution is 5.76. The third kappa shape index (κ3) is 2.96. The fourth-order valence-electron chi connectivity index (χ4n) is 2.05. The fraction of sp³-hybridized carbons (Fsp3) is 0.0625. The van der Waals surface area contributed by atoms with E-state index in [1.807, 2.05) is 54.6 Å². The highest BCUT2D eigenvalue weighted by Crippen LogP contribution is 2.30. The van der Waals surface area contributed by atoms with Gasteiger partial charge >= 0.3 is 0 Å². The molecule has 0 saturated heterocycles. The number of nitrogens with zero attached hydrogens (tertiary/aromatic N) is 1. The zero-order chi connectivity index (χ0) is 15.2. The van der Waals surface area contributed by atoms with E-state index in [2.05, 4.69) is 5.43 Å². The van der Waals surface area contributed by atoms with E-state index in [1.165, 1.54) is 0 Å². The molecule has 0 atom stereocenters. The van der Waals surface area contributed by atoms with Gasteiger partial charge in [-0.3, -0.25) is 0 Å². The SMILES string of the molecule is COc1ccccc1-c1cccc(/C(N)=C(\C#N)NN)c1. The van der Waals surface area contributed by atoms with Crippen LogP contribution in [0, 0.1) is 11.3 Å².